The van der Waals surface area contributed by atoms with E-state index in [1.54, 1.807) is 14.2 Å². The molecule has 0 aromatic heterocycles. The monoisotopic (exact) mass is 355 g/mol. The average Bonchev–Trinajstić information content (AvgIpc) is 3.16. The van der Waals surface area contributed by atoms with Crippen LogP contribution in [0, 0.1) is 6.92 Å². The Hall–Kier alpha value is -2.57. The minimum Gasteiger partial charge on any atom is -0.493 e. The normalized spacial score (nSPS) is 19.2. The standard InChI is InChI=1S/C20H25N3O3/c1-13-4-7-15(8-5-13)16-11-17(23-22-16)20(24)21-12-14-6-9-18(25-2)19(10-14)26-3/h4-10,16-17,22-23H,11-12H2,1-3H3,(H,21,24). The first-order valence-corrected chi connectivity index (χ1v) is 8.67. The Bertz CT molecular complexity index is 761. The second-order valence-electron chi connectivity index (χ2n) is 6.45. The first-order valence-electron chi connectivity index (χ1n) is 8.67. The molecular formula is C20H25N3O3. The zero-order chi connectivity index (χ0) is 18.5. The van der Waals surface area contributed by atoms with Crippen LogP contribution in [0.4, 0.5) is 0 Å². The van der Waals surface area contributed by atoms with Gasteiger partial charge in [-0.3, -0.25) is 4.79 Å². The van der Waals surface area contributed by atoms with Gasteiger partial charge < -0.3 is 14.8 Å². The smallest absolute Gasteiger partial charge is 0.238 e. The van der Waals surface area contributed by atoms with Crippen LogP contribution < -0.4 is 25.6 Å². The van der Waals surface area contributed by atoms with Crippen LogP contribution in [0.5, 0.6) is 11.5 Å². The summed E-state index contributed by atoms with van der Waals surface area (Å²) >= 11 is 0. The summed E-state index contributed by atoms with van der Waals surface area (Å²) in [5, 5.41) is 2.97. The number of rotatable bonds is 6. The van der Waals surface area contributed by atoms with Crippen LogP contribution >= 0.6 is 0 Å². The molecule has 2 aromatic carbocycles. The summed E-state index contributed by atoms with van der Waals surface area (Å²) in [5.74, 6) is 1.30. The van der Waals surface area contributed by atoms with Crippen molar-refractivity contribution < 1.29 is 14.3 Å². The number of ether oxygens (including phenoxy) is 2. The van der Waals surface area contributed by atoms with Crippen LogP contribution in [0.1, 0.15) is 29.2 Å². The van der Waals surface area contributed by atoms with Gasteiger partial charge in [-0.25, -0.2) is 10.9 Å². The van der Waals surface area contributed by atoms with E-state index in [0.29, 0.717) is 24.5 Å². The first kappa shape index (κ1) is 18.2. The van der Waals surface area contributed by atoms with Crippen molar-refractivity contribution in [3.05, 3.63) is 59.2 Å². The number of benzene rings is 2. The van der Waals surface area contributed by atoms with E-state index < -0.39 is 0 Å². The van der Waals surface area contributed by atoms with Gasteiger partial charge in [0.2, 0.25) is 5.91 Å². The van der Waals surface area contributed by atoms with E-state index in [0.717, 1.165) is 5.56 Å². The van der Waals surface area contributed by atoms with E-state index in [1.807, 2.05) is 18.2 Å². The second kappa shape index (κ2) is 8.21. The molecule has 0 spiro atoms. The van der Waals surface area contributed by atoms with Gasteiger partial charge in [-0.15, -0.1) is 0 Å². The molecule has 0 aliphatic carbocycles. The Kier molecular flexibility index (Phi) is 5.75. The van der Waals surface area contributed by atoms with Crippen LogP contribution in [-0.2, 0) is 11.3 Å². The second-order valence-corrected chi connectivity index (χ2v) is 6.45. The number of methoxy groups -OCH3 is 2. The number of hydrazine groups is 1. The lowest BCUT2D eigenvalue weighted by Crippen LogP contribution is -2.42. The number of aryl methyl sites for hydroxylation is 1. The average molecular weight is 355 g/mol. The van der Waals surface area contributed by atoms with E-state index >= 15 is 0 Å². The molecule has 1 aliphatic rings. The third-order valence-corrected chi connectivity index (χ3v) is 4.61. The molecule has 6 nitrogen and oxygen atoms in total. The van der Waals surface area contributed by atoms with Crippen molar-refractivity contribution in [1.29, 1.82) is 0 Å². The SMILES string of the molecule is COc1ccc(CNC(=O)C2CC(c3ccc(C)cc3)NN2)cc1OC. The predicted octanol–water partition coefficient (Wildman–Crippen LogP) is 2.24. The van der Waals surface area contributed by atoms with Gasteiger partial charge in [-0.2, -0.15) is 0 Å². The Morgan fingerprint density at radius 1 is 1.08 bits per heavy atom. The topological polar surface area (TPSA) is 71.6 Å². The Labute approximate surface area is 153 Å². The highest BCUT2D eigenvalue weighted by molar-refractivity contribution is 5.82. The summed E-state index contributed by atoms with van der Waals surface area (Å²) < 4.78 is 10.5. The Morgan fingerprint density at radius 3 is 2.50 bits per heavy atom. The van der Waals surface area contributed by atoms with Gasteiger partial charge in [0, 0.05) is 12.6 Å². The van der Waals surface area contributed by atoms with Crippen molar-refractivity contribution in [2.24, 2.45) is 0 Å². The lowest BCUT2D eigenvalue weighted by Gasteiger charge is -2.13. The summed E-state index contributed by atoms with van der Waals surface area (Å²) in [6, 6.07) is 13.9. The molecular weight excluding hydrogens is 330 g/mol. The quantitative estimate of drug-likeness (QED) is 0.741. The van der Waals surface area contributed by atoms with Gasteiger partial charge in [0.05, 0.1) is 14.2 Å². The van der Waals surface area contributed by atoms with Crippen molar-refractivity contribution in [2.45, 2.75) is 32.0 Å². The van der Waals surface area contributed by atoms with Crippen LogP contribution in [0.3, 0.4) is 0 Å². The van der Waals surface area contributed by atoms with Crippen LogP contribution in [0.25, 0.3) is 0 Å². The maximum absolute atomic E-state index is 12.5. The molecule has 6 heteroatoms. The van der Waals surface area contributed by atoms with Gasteiger partial charge in [-0.1, -0.05) is 35.9 Å². The molecule has 1 fully saturated rings. The molecule has 2 aromatic rings. The van der Waals surface area contributed by atoms with Gasteiger partial charge in [-0.05, 0) is 36.6 Å². The molecule has 0 radical (unpaired) electrons. The first-order chi connectivity index (χ1) is 12.6. The number of hydrogen-bond donors (Lipinski definition) is 3. The fourth-order valence-corrected chi connectivity index (χ4v) is 3.05. The summed E-state index contributed by atoms with van der Waals surface area (Å²) in [5.41, 5.74) is 9.66. The van der Waals surface area contributed by atoms with Crippen LogP contribution in [-0.4, -0.2) is 26.2 Å². The van der Waals surface area contributed by atoms with E-state index in [1.165, 1.54) is 11.1 Å². The highest BCUT2D eigenvalue weighted by Gasteiger charge is 2.29. The third kappa shape index (κ3) is 4.15. The zero-order valence-electron chi connectivity index (χ0n) is 15.3. The molecule has 0 saturated carbocycles. The third-order valence-electron chi connectivity index (χ3n) is 4.61. The molecule has 3 rings (SSSR count). The Morgan fingerprint density at radius 2 is 1.81 bits per heavy atom. The zero-order valence-corrected chi connectivity index (χ0v) is 15.3. The molecule has 1 amide bonds. The van der Waals surface area contributed by atoms with E-state index in [2.05, 4.69) is 47.4 Å². The van der Waals surface area contributed by atoms with Crippen molar-refractivity contribution in [3.63, 3.8) is 0 Å². The molecule has 138 valence electrons. The van der Waals surface area contributed by atoms with Gasteiger partial charge in [0.15, 0.2) is 11.5 Å². The number of carbonyl (C=O) groups excluding carboxylic acids is 1. The highest BCUT2D eigenvalue weighted by Crippen LogP contribution is 2.27. The number of nitrogens with one attached hydrogen (secondary N) is 3. The maximum atomic E-state index is 12.5. The molecule has 1 heterocycles. The summed E-state index contributed by atoms with van der Waals surface area (Å²) in [6.07, 6.45) is 0.709. The number of amides is 1. The minimum atomic E-state index is -0.263. The van der Waals surface area contributed by atoms with Gasteiger partial charge >= 0.3 is 0 Å². The molecule has 0 bridgehead atoms. The van der Waals surface area contributed by atoms with E-state index in [9.17, 15) is 4.79 Å². The predicted molar refractivity (Wildman–Crippen MR) is 100.0 cm³/mol. The lowest BCUT2D eigenvalue weighted by atomic mass is 10.0. The van der Waals surface area contributed by atoms with Gasteiger partial charge in [0.1, 0.15) is 6.04 Å². The summed E-state index contributed by atoms with van der Waals surface area (Å²) in [4.78, 5) is 12.5. The molecule has 2 atom stereocenters. The van der Waals surface area contributed by atoms with E-state index in [-0.39, 0.29) is 18.0 Å². The number of hydrogen-bond acceptors (Lipinski definition) is 5. The maximum Gasteiger partial charge on any atom is 0.238 e. The largest absolute Gasteiger partial charge is 0.493 e. The summed E-state index contributed by atoms with van der Waals surface area (Å²) in [7, 11) is 3.20. The van der Waals surface area contributed by atoms with Crippen molar-refractivity contribution in [2.75, 3.05) is 14.2 Å². The fourth-order valence-electron chi connectivity index (χ4n) is 3.05. The molecule has 1 aliphatic heterocycles. The lowest BCUT2D eigenvalue weighted by molar-refractivity contribution is -0.123. The Balaban J connectivity index is 1.55. The van der Waals surface area contributed by atoms with Gasteiger partial charge in [0.25, 0.3) is 0 Å². The molecule has 1 saturated heterocycles. The molecule has 2 unspecified atom stereocenters. The summed E-state index contributed by atoms with van der Waals surface area (Å²) in [6.45, 7) is 2.50. The van der Waals surface area contributed by atoms with Crippen molar-refractivity contribution in [1.82, 2.24) is 16.2 Å². The molecule has 26 heavy (non-hydrogen) atoms. The van der Waals surface area contributed by atoms with Crippen LogP contribution in [0.2, 0.25) is 0 Å². The molecule has 3 N–H and O–H groups in total. The number of carbonyl (C=O) groups is 1. The minimum absolute atomic E-state index is 0.0260. The van der Waals surface area contributed by atoms with Crippen molar-refractivity contribution in [3.8, 4) is 11.5 Å². The van der Waals surface area contributed by atoms with E-state index in [4.69, 9.17) is 9.47 Å². The van der Waals surface area contributed by atoms with Crippen molar-refractivity contribution >= 4 is 5.91 Å². The van der Waals surface area contributed by atoms with Crippen LogP contribution in [0.15, 0.2) is 42.5 Å². The highest BCUT2D eigenvalue weighted by atomic mass is 16.5. The fraction of sp³-hybridized carbons (Fsp3) is 0.350.